The monoisotopic (exact) mass is 464 g/mol. The Morgan fingerprint density at radius 3 is 2.85 bits per heavy atom. The van der Waals surface area contributed by atoms with E-state index >= 15 is 0 Å². The molecule has 2 N–H and O–H groups in total. The van der Waals surface area contributed by atoms with Gasteiger partial charge in [-0.3, -0.25) is 4.90 Å². The molecule has 4 rings (SSSR count). The summed E-state index contributed by atoms with van der Waals surface area (Å²) in [4.78, 5) is 15.2. The summed E-state index contributed by atoms with van der Waals surface area (Å²) in [6, 6.07) is 13.0. The van der Waals surface area contributed by atoms with Gasteiger partial charge < -0.3 is 15.4 Å². The lowest BCUT2D eigenvalue weighted by Gasteiger charge is -2.13. The molecule has 10 nitrogen and oxygen atoms in total. The average Bonchev–Trinajstić information content (AvgIpc) is 2.93. The van der Waals surface area contributed by atoms with E-state index in [-0.39, 0.29) is 5.56 Å². The molecule has 3 heterocycles. The van der Waals surface area contributed by atoms with Gasteiger partial charge in [0.1, 0.15) is 29.8 Å². The van der Waals surface area contributed by atoms with Crippen LogP contribution in [0, 0.1) is 11.3 Å². The molecule has 0 fully saturated rings. The van der Waals surface area contributed by atoms with Crippen molar-refractivity contribution in [3.63, 3.8) is 0 Å². The van der Waals surface area contributed by atoms with Gasteiger partial charge in [0, 0.05) is 46.6 Å². The quantitative estimate of drug-likeness (QED) is 0.583. The van der Waals surface area contributed by atoms with Crippen molar-refractivity contribution in [2.45, 2.75) is 6.54 Å². The Morgan fingerprint density at radius 2 is 2.06 bits per heavy atom. The molecule has 0 bridgehead atoms. The summed E-state index contributed by atoms with van der Waals surface area (Å²) in [7, 11) is -0.297. The fraction of sp³-hybridized carbons (Fsp3) is 0.273. The number of fused-ring (bicyclic) bond motifs is 1. The lowest BCUT2D eigenvalue weighted by atomic mass is 10.1. The van der Waals surface area contributed by atoms with Crippen LogP contribution in [0.15, 0.2) is 47.0 Å². The minimum Gasteiger partial charge on any atom is -0.492 e. The zero-order valence-electron chi connectivity index (χ0n) is 18.6. The maximum atomic E-state index is 12.0. The third kappa shape index (κ3) is 5.94. The van der Waals surface area contributed by atoms with Gasteiger partial charge in [0.25, 0.3) is 0 Å². The van der Waals surface area contributed by atoms with Gasteiger partial charge in [-0.05, 0) is 37.4 Å². The van der Waals surface area contributed by atoms with E-state index in [0.717, 1.165) is 30.1 Å². The first-order chi connectivity index (χ1) is 15.8. The minimum atomic E-state index is -2.35. The van der Waals surface area contributed by atoms with Crippen LogP contribution in [0.4, 0.5) is 29.1 Å². The van der Waals surface area contributed by atoms with E-state index in [1.165, 1.54) is 18.7 Å². The van der Waals surface area contributed by atoms with E-state index < -0.39 is 9.73 Å². The van der Waals surface area contributed by atoms with Crippen LogP contribution in [0.1, 0.15) is 11.1 Å². The van der Waals surface area contributed by atoms with Gasteiger partial charge in [0.15, 0.2) is 11.6 Å². The first-order valence-corrected chi connectivity index (χ1v) is 12.5. The van der Waals surface area contributed by atoms with Crippen molar-refractivity contribution < 1.29 is 8.95 Å². The second-order valence-corrected chi connectivity index (χ2v) is 10.4. The average molecular weight is 465 g/mol. The number of hydrogen-bond acceptors (Lipinski definition) is 10. The predicted octanol–water partition coefficient (Wildman–Crippen LogP) is 3.41. The SMILES string of the molecule is CN1CCOc2ccc(Nc3ncc(C#N)c(Nc4cccc(N=S(C)(C)=O)n4)n3)cc2C1. The van der Waals surface area contributed by atoms with Crippen molar-refractivity contribution in [1.29, 1.82) is 5.26 Å². The fourth-order valence-corrected chi connectivity index (χ4v) is 3.79. The largest absolute Gasteiger partial charge is 0.492 e. The number of ether oxygens (including phenoxy) is 1. The molecule has 0 saturated heterocycles. The van der Waals surface area contributed by atoms with Gasteiger partial charge >= 0.3 is 0 Å². The maximum absolute atomic E-state index is 12.0. The highest BCUT2D eigenvalue weighted by Crippen LogP contribution is 2.28. The van der Waals surface area contributed by atoms with E-state index in [1.807, 2.05) is 18.2 Å². The Morgan fingerprint density at radius 1 is 1.21 bits per heavy atom. The predicted molar refractivity (Wildman–Crippen MR) is 128 cm³/mol. The molecular weight excluding hydrogens is 440 g/mol. The number of rotatable bonds is 5. The second kappa shape index (κ2) is 9.40. The Bertz CT molecular complexity index is 1340. The van der Waals surface area contributed by atoms with Crippen LogP contribution in [0.25, 0.3) is 0 Å². The van der Waals surface area contributed by atoms with Gasteiger partial charge in [-0.2, -0.15) is 14.6 Å². The van der Waals surface area contributed by atoms with E-state index in [4.69, 9.17) is 4.74 Å². The standard InChI is InChI=1S/C22H24N8O2S/c1-30-9-10-32-18-8-7-17(11-15(18)14-30)25-22-24-13-16(12-23)21(28-22)27-19-5-4-6-20(26-19)29-33(2,3)31/h4-8,11,13H,9-10,14H2,1-3H3,(H2,24,25,26,27,28). The molecule has 2 aromatic heterocycles. The zero-order valence-corrected chi connectivity index (χ0v) is 19.4. The second-order valence-electron chi connectivity index (χ2n) is 7.88. The molecule has 1 aliphatic rings. The van der Waals surface area contributed by atoms with E-state index in [9.17, 15) is 9.47 Å². The highest BCUT2D eigenvalue weighted by atomic mass is 32.2. The molecule has 1 aliphatic heterocycles. The molecule has 11 heteroatoms. The lowest BCUT2D eigenvalue weighted by Crippen LogP contribution is -2.20. The van der Waals surface area contributed by atoms with Gasteiger partial charge in [0.2, 0.25) is 5.95 Å². The van der Waals surface area contributed by atoms with Crippen molar-refractivity contribution in [3.8, 4) is 11.8 Å². The topological polar surface area (TPSA) is 128 Å². The third-order valence-corrected chi connectivity index (χ3v) is 5.32. The number of hydrogen-bond donors (Lipinski definition) is 2. The number of anilines is 4. The first-order valence-electron chi connectivity index (χ1n) is 10.2. The number of likely N-dealkylation sites (N-methyl/N-ethyl adjacent to an activating group) is 1. The number of benzene rings is 1. The molecule has 3 aromatic rings. The lowest BCUT2D eigenvalue weighted by molar-refractivity contribution is 0.259. The van der Waals surface area contributed by atoms with Gasteiger partial charge in [-0.15, -0.1) is 0 Å². The minimum absolute atomic E-state index is 0.261. The van der Waals surface area contributed by atoms with E-state index in [2.05, 4.69) is 48.0 Å². The summed E-state index contributed by atoms with van der Waals surface area (Å²) in [5, 5.41) is 15.7. The van der Waals surface area contributed by atoms with E-state index in [1.54, 1.807) is 18.2 Å². The van der Waals surface area contributed by atoms with Crippen LogP contribution in [0.2, 0.25) is 0 Å². The highest BCUT2D eigenvalue weighted by Gasteiger charge is 2.14. The third-order valence-electron chi connectivity index (χ3n) is 4.69. The van der Waals surface area contributed by atoms with E-state index in [0.29, 0.717) is 30.0 Å². The van der Waals surface area contributed by atoms with Crippen LogP contribution in [-0.4, -0.2) is 56.8 Å². The van der Waals surface area contributed by atoms with Gasteiger partial charge in [-0.25, -0.2) is 14.2 Å². The molecule has 1 aromatic carbocycles. The van der Waals surface area contributed by atoms with Crippen molar-refractivity contribution in [1.82, 2.24) is 19.9 Å². The molecule has 170 valence electrons. The molecule has 0 spiro atoms. The summed E-state index contributed by atoms with van der Waals surface area (Å²) in [6.07, 6.45) is 4.52. The molecular formula is C22H24N8O2S. The molecule has 0 atom stereocenters. The zero-order chi connectivity index (χ0) is 23.4. The molecule has 0 unspecified atom stereocenters. The van der Waals surface area contributed by atoms with Crippen LogP contribution >= 0.6 is 0 Å². The number of aromatic nitrogens is 3. The number of nitrogens with one attached hydrogen (secondary N) is 2. The van der Waals surface area contributed by atoms with Crippen LogP contribution < -0.4 is 15.4 Å². The van der Waals surface area contributed by atoms with Gasteiger partial charge in [0.05, 0.1) is 6.20 Å². The Balaban J connectivity index is 1.59. The van der Waals surface area contributed by atoms with Crippen LogP contribution in [0.3, 0.4) is 0 Å². The van der Waals surface area contributed by atoms with Crippen molar-refractivity contribution in [2.24, 2.45) is 4.36 Å². The molecule has 0 amide bonds. The molecule has 33 heavy (non-hydrogen) atoms. The van der Waals surface area contributed by atoms with Crippen LogP contribution in [-0.2, 0) is 16.3 Å². The smallest absolute Gasteiger partial charge is 0.229 e. The molecule has 0 aliphatic carbocycles. The summed E-state index contributed by atoms with van der Waals surface area (Å²) < 4.78 is 21.9. The number of nitriles is 1. The number of nitrogens with zero attached hydrogens (tertiary/aromatic N) is 6. The Kier molecular flexibility index (Phi) is 6.39. The summed E-state index contributed by atoms with van der Waals surface area (Å²) in [6.45, 7) is 2.29. The molecule has 0 radical (unpaired) electrons. The summed E-state index contributed by atoms with van der Waals surface area (Å²) in [5.41, 5.74) is 2.14. The maximum Gasteiger partial charge on any atom is 0.229 e. The Hall–Kier alpha value is -3.75. The normalized spacial score (nSPS) is 13.8. The van der Waals surface area contributed by atoms with Gasteiger partial charge in [-0.1, -0.05) is 6.07 Å². The Labute approximate surface area is 192 Å². The summed E-state index contributed by atoms with van der Waals surface area (Å²) >= 11 is 0. The van der Waals surface area contributed by atoms with Crippen LogP contribution in [0.5, 0.6) is 5.75 Å². The highest BCUT2D eigenvalue weighted by molar-refractivity contribution is 7.92. The first kappa shape index (κ1) is 22.4. The number of pyridine rings is 1. The van der Waals surface area contributed by atoms with Crippen molar-refractivity contribution >= 4 is 38.8 Å². The fourth-order valence-electron chi connectivity index (χ4n) is 3.24. The van der Waals surface area contributed by atoms with Crippen molar-refractivity contribution in [3.05, 3.63) is 53.7 Å². The summed E-state index contributed by atoms with van der Waals surface area (Å²) in [5.74, 6) is 2.24. The van der Waals surface area contributed by atoms with Crippen molar-refractivity contribution in [2.75, 3.05) is 43.3 Å². The molecule has 0 saturated carbocycles.